The molecule has 0 aliphatic heterocycles. The summed E-state index contributed by atoms with van der Waals surface area (Å²) >= 11 is 0. The first-order valence-corrected chi connectivity index (χ1v) is 5.03. The zero-order valence-electron chi connectivity index (χ0n) is 6.40. The van der Waals surface area contributed by atoms with Crippen LogP contribution >= 0.6 is 0 Å². The number of carbonyl (C=O) groups is 2. The van der Waals surface area contributed by atoms with Gasteiger partial charge in [-0.3, -0.25) is 9.59 Å². The third-order valence-electron chi connectivity index (χ3n) is 0.830. The summed E-state index contributed by atoms with van der Waals surface area (Å²) in [5.74, 6) is -2.70. The molecule has 0 saturated carbocycles. The van der Waals surface area contributed by atoms with Gasteiger partial charge >= 0.3 is 5.97 Å². The first-order valence-electron chi connectivity index (χ1n) is 2.97. The molecular weight excluding hydrogens is 186 g/mol. The minimum absolute atomic E-state index is 0.561. The van der Waals surface area contributed by atoms with Crippen LogP contribution < -0.4 is 5.32 Å². The normalized spacial score (nSPS) is 10.8. The van der Waals surface area contributed by atoms with E-state index in [1.54, 1.807) is 0 Å². The highest BCUT2D eigenvalue weighted by molar-refractivity contribution is 7.91. The van der Waals surface area contributed by atoms with E-state index in [0.717, 1.165) is 6.26 Å². The molecule has 0 aromatic carbocycles. The number of aliphatic carboxylic acids is 1. The lowest BCUT2D eigenvalue weighted by molar-refractivity contribution is -0.137. The highest BCUT2D eigenvalue weighted by Crippen LogP contribution is 1.81. The zero-order valence-corrected chi connectivity index (χ0v) is 7.22. The second-order valence-electron chi connectivity index (χ2n) is 2.24. The number of hydrogen-bond acceptors (Lipinski definition) is 4. The molecule has 0 aliphatic rings. The molecule has 7 heteroatoms. The van der Waals surface area contributed by atoms with E-state index in [-0.39, 0.29) is 0 Å². The highest BCUT2D eigenvalue weighted by Gasteiger charge is 2.10. The van der Waals surface area contributed by atoms with Crippen LogP contribution in [0.15, 0.2) is 0 Å². The molecule has 2 N–H and O–H groups in total. The number of carboxylic acids is 1. The van der Waals surface area contributed by atoms with Gasteiger partial charge in [0.15, 0.2) is 9.84 Å². The van der Waals surface area contributed by atoms with E-state index in [1.807, 2.05) is 5.32 Å². The summed E-state index contributed by atoms with van der Waals surface area (Å²) in [5.41, 5.74) is 0. The van der Waals surface area contributed by atoms with Gasteiger partial charge in [-0.2, -0.15) is 0 Å². The van der Waals surface area contributed by atoms with E-state index < -0.39 is 34.0 Å². The summed E-state index contributed by atoms with van der Waals surface area (Å²) in [4.78, 5) is 20.5. The number of hydrogen-bond donors (Lipinski definition) is 2. The Morgan fingerprint density at radius 1 is 1.42 bits per heavy atom. The molecule has 12 heavy (non-hydrogen) atoms. The maximum absolute atomic E-state index is 10.6. The van der Waals surface area contributed by atoms with Gasteiger partial charge in [-0.05, 0) is 0 Å². The molecular formula is C5H9NO5S. The van der Waals surface area contributed by atoms with E-state index in [4.69, 9.17) is 5.11 Å². The van der Waals surface area contributed by atoms with Gasteiger partial charge in [0.25, 0.3) is 0 Å². The Balaban J connectivity index is 3.84. The number of nitrogens with one attached hydrogen (secondary N) is 1. The van der Waals surface area contributed by atoms with Crippen LogP contribution in [0.3, 0.4) is 0 Å². The summed E-state index contributed by atoms with van der Waals surface area (Å²) in [6, 6.07) is 0. The number of carbonyl (C=O) groups excluding carboxylic acids is 1. The van der Waals surface area contributed by atoms with Gasteiger partial charge in [-0.15, -0.1) is 0 Å². The van der Waals surface area contributed by atoms with Gasteiger partial charge in [0.05, 0.1) is 0 Å². The van der Waals surface area contributed by atoms with Crippen molar-refractivity contribution in [3.63, 3.8) is 0 Å². The minimum Gasteiger partial charge on any atom is -0.480 e. The van der Waals surface area contributed by atoms with Crippen LogP contribution in [0, 0.1) is 0 Å². The first-order chi connectivity index (χ1) is 5.31. The lowest BCUT2D eigenvalue weighted by Gasteiger charge is -1.99. The summed E-state index contributed by atoms with van der Waals surface area (Å²) in [6.07, 6.45) is 0.896. The smallest absolute Gasteiger partial charge is 0.322 e. The van der Waals surface area contributed by atoms with E-state index in [0.29, 0.717) is 0 Å². The van der Waals surface area contributed by atoms with Crippen LogP contribution in [-0.4, -0.2) is 44.0 Å². The van der Waals surface area contributed by atoms with Gasteiger partial charge in [0.1, 0.15) is 12.3 Å². The van der Waals surface area contributed by atoms with Gasteiger partial charge < -0.3 is 10.4 Å². The molecule has 70 valence electrons. The Labute approximate surface area is 69.5 Å². The largest absolute Gasteiger partial charge is 0.480 e. The number of sulfone groups is 1. The molecule has 0 fully saturated rings. The number of rotatable bonds is 4. The zero-order chi connectivity index (χ0) is 9.78. The molecule has 0 aromatic heterocycles. The van der Waals surface area contributed by atoms with Crippen molar-refractivity contribution in [1.82, 2.24) is 5.32 Å². The molecule has 0 unspecified atom stereocenters. The third kappa shape index (κ3) is 7.00. The first kappa shape index (κ1) is 10.9. The second kappa shape index (κ2) is 4.05. The van der Waals surface area contributed by atoms with Crippen molar-refractivity contribution in [3.8, 4) is 0 Å². The molecule has 6 nitrogen and oxygen atoms in total. The van der Waals surface area contributed by atoms with Crippen LogP contribution in [0.5, 0.6) is 0 Å². The standard InChI is InChI=1S/C5H9NO5S/c1-12(10,11)3-4(7)6-2-5(8)9/h2-3H2,1H3,(H,6,7)(H,8,9). The van der Waals surface area contributed by atoms with Crippen LogP contribution in [0.1, 0.15) is 0 Å². The van der Waals surface area contributed by atoms with Gasteiger partial charge in [0.2, 0.25) is 5.91 Å². The molecule has 0 spiro atoms. The predicted octanol–water partition coefficient (Wildman–Crippen LogP) is -1.77. The molecule has 0 aliphatic carbocycles. The number of carboxylic acid groups (broad SMARTS) is 1. The van der Waals surface area contributed by atoms with Gasteiger partial charge in [-0.25, -0.2) is 8.42 Å². The van der Waals surface area contributed by atoms with Crippen molar-refractivity contribution in [2.75, 3.05) is 18.6 Å². The van der Waals surface area contributed by atoms with Crippen LogP contribution in [0.25, 0.3) is 0 Å². The van der Waals surface area contributed by atoms with Crippen LogP contribution in [0.4, 0.5) is 0 Å². The fraction of sp³-hybridized carbons (Fsp3) is 0.600. The number of amides is 1. The average molecular weight is 195 g/mol. The minimum atomic E-state index is -3.38. The molecule has 0 radical (unpaired) electrons. The Kier molecular flexibility index (Phi) is 3.68. The molecule has 0 saturated heterocycles. The van der Waals surface area contributed by atoms with Crippen molar-refractivity contribution >= 4 is 21.7 Å². The Morgan fingerprint density at radius 2 is 1.92 bits per heavy atom. The summed E-state index contributed by atoms with van der Waals surface area (Å²) < 4.78 is 21.0. The fourth-order valence-electron chi connectivity index (χ4n) is 0.463. The van der Waals surface area contributed by atoms with Crippen molar-refractivity contribution in [3.05, 3.63) is 0 Å². The lowest BCUT2D eigenvalue weighted by Crippen LogP contribution is -2.33. The topological polar surface area (TPSA) is 101 Å². The molecule has 0 atom stereocenters. The maximum Gasteiger partial charge on any atom is 0.322 e. The Hall–Kier alpha value is -1.11. The van der Waals surface area contributed by atoms with E-state index in [1.165, 1.54) is 0 Å². The van der Waals surface area contributed by atoms with E-state index in [9.17, 15) is 18.0 Å². The highest BCUT2D eigenvalue weighted by atomic mass is 32.2. The van der Waals surface area contributed by atoms with Gasteiger partial charge in [0, 0.05) is 6.26 Å². The van der Waals surface area contributed by atoms with Crippen molar-refractivity contribution in [2.45, 2.75) is 0 Å². The summed E-state index contributed by atoms with van der Waals surface area (Å²) in [7, 11) is -3.38. The van der Waals surface area contributed by atoms with Crippen molar-refractivity contribution < 1.29 is 23.1 Å². The molecule has 1 amide bonds. The molecule has 0 aromatic rings. The SMILES string of the molecule is CS(=O)(=O)CC(=O)NCC(=O)O. The van der Waals surface area contributed by atoms with E-state index in [2.05, 4.69) is 0 Å². The summed E-state index contributed by atoms with van der Waals surface area (Å²) in [5, 5.41) is 10.0. The van der Waals surface area contributed by atoms with Crippen molar-refractivity contribution in [2.24, 2.45) is 0 Å². The molecule has 0 rings (SSSR count). The lowest BCUT2D eigenvalue weighted by atomic mass is 10.6. The fourth-order valence-corrected chi connectivity index (χ4v) is 1.04. The third-order valence-corrected chi connectivity index (χ3v) is 1.62. The maximum atomic E-state index is 10.6. The monoisotopic (exact) mass is 195 g/mol. The van der Waals surface area contributed by atoms with Crippen molar-refractivity contribution in [1.29, 1.82) is 0 Å². The molecule has 0 heterocycles. The Morgan fingerprint density at radius 3 is 2.25 bits per heavy atom. The van der Waals surface area contributed by atoms with Crippen LogP contribution in [0.2, 0.25) is 0 Å². The average Bonchev–Trinajstić information content (AvgIpc) is 1.79. The predicted molar refractivity (Wildman–Crippen MR) is 40.4 cm³/mol. The Bertz CT molecular complexity index is 280. The quantitative estimate of drug-likeness (QED) is 0.553. The van der Waals surface area contributed by atoms with Crippen LogP contribution in [-0.2, 0) is 19.4 Å². The second-order valence-corrected chi connectivity index (χ2v) is 4.38. The van der Waals surface area contributed by atoms with Gasteiger partial charge in [-0.1, -0.05) is 0 Å². The summed E-state index contributed by atoms with van der Waals surface area (Å²) in [6.45, 7) is -0.561. The van der Waals surface area contributed by atoms with E-state index >= 15 is 0 Å². The molecule has 0 bridgehead atoms.